The number of para-hydroxylation sites is 1. The van der Waals surface area contributed by atoms with Gasteiger partial charge in [0.05, 0.1) is 12.2 Å². The van der Waals surface area contributed by atoms with Gasteiger partial charge in [0.15, 0.2) is 0 Å². The van der Waals surface area contributed by atoms with E-state index in [0.717, 1.165) is 12.2 Å². The van der Waals surface area contributed by atoms with E-state index in [-0.39, 0.29) is 6.10 Å². The fraction of sp³-hybridized carbons (Fsp3) is 0.167. The van der Waals surface area contributed by atoms with Crippen LogP contribution in [-0.4, -0.2) is 12.6 Å². The fourth-order valence-corrected chi connectivity index (χ4v) is 1.40. The van der Waals surface area contributed by atoms with Gasteiger partial charge in [-0.25, -0.2) is 5.06 Å². The van der Waals surface area contributed by atoms with E-state index in [2.05, 4.69) is 12.7 Å². The summed E-state index contributed by atoms with van der Waals surface area (Å²) in [5, 5.41) is 1.87. The summed E-state index contributed by atoms with van der Waals surface area (Å²) >= 11 is 0. The maximum Gasteiger partial charge on any atom is 0.122 e. The monoisotopic (exact) mass is 187 g/mol. The molecule has 0 N–H and O–H groups in total. The van der Waals surface area contributed by atoms with Crippen LogP contribution in [0.2, 0.25) is 0 Å². The minimum atomic E-state index is -0.0102. The van der Waals surface area contributed by atoms with Crippen molar-refractivity contribution in [2.24, 2.45) is 0 Å². The molecule has 1 aromatic rings. The predicted molar refractivity (Wildman–Crippen MR) is 58.0 cm³/mol. The minimum absolute atomic E-state index is 0.0102. The maximum absolute atomic E-state index is 5.65. The Labute approximate surface area is 84.1 Å². The molecule has 1 atom stereocenters. The third-order valence-corrected chi connectivity index (χ3v) is 2.12. The first kappa shape index (κ1) is 9.03. The molecule has 0 saturated carbocycles. The largest absolute Gasteiger partial charge is 0.262 e. The SMILES string of the molecule is C=CC1C=CCN(c2ccccc2)O1. The smallest absolute Gasteiger partial charge is 0.122 e. The normalized spacial score (nSPS) is 20.9. The highest BCUT2D eigenvalue weighted by molar-refractivity contribution is 5.44. The molecule has 0 amide bonds. The van der Waals surface area contributed by atoms with Crippen LogP contribution in [0, 0.1) is 0 Å². The topological polar surface area (TPSA) is 12.5 Å². The molecule has 1 aromatic carbocycles. The number of anilines is 1. The highest BCUT2D eigenvalue weighted by atomic mass is 16.7. The van der Waals surface area contributed by atoms with Gasteiger partial charge in [0.25, 0.3) is 0 Å². The molecule has 1 unspecified atom stereocenters. The Morgan fingerprint density at radius 3 is 2.86 bits per heavy atom. The Hall–Kier alpha value is -1.54. The summed E-state index contributed by atoms with van der Waals surface area (Å²) in [6.45, 7) is 4.50. The van der Waals surface area contributed by atoms with Crippen molar-refractivity contribution in [2.45, 2.75) is 6.10 Å². The lowest BCUT2D eigenvalue weighted by Crippen LogP contribution is -2.31. The van der Waals surface area contributed by atoms with Crippen LogP contribution in [0.5, 0.6) is 0 Å². The second kappa shape index (κ2) is 4.11. The van der Waals surface area contributed by atoms with E-state index in [1.165, 1.54) is 0 Å². The molecule has 2 heteroatoms. The molecule has 2 nitrogen and oxygen atoms in total. The lowest BCUT2D eigenvalue weighted by Gasteiger charge is -2.28. The van der Waals surface area contributed by atoms with Gasteiger partial charge in [-0.15, -0.1) is 6.58 Å². The van der Waals surface area contributed by atoms with Crippen LogP contribution in [0.15, 0.2) is 55.1 Å². The Balaban J connectivity index is 2.14. The van der Waals surface area contributed by atoms with Gasteiger partial charge in [-0.1, -0.05) is 36.4 Å². The van der Waals surface area contributed by atoms with Gasteiger partial charge in [-0.3, -0.25) is 4.84 Å². The van der Waals surface area contributed by atoms with Gasteiger partial charge < -0.3 is 0 Å². The van der Waals surface area contributed by atoms with E-state index < -0.39 is 0 Å². The number of hydrogen-bond acceptors (Lipinski definition) is 2. The summed E-state index contributed by atoms with van der Waals surface area (Å²) in [5.74, 6) is 0. The Morgan fingerprint density at radius 1 is 1.36 bits per heavy atom. The quantitative estimate of drug-likeness (QED) is 0.660. The van der Waals surface area contributed by atoms with Gasteiger partial charge in [0.1, 0.15) is 6.10 Å². The average molecular weight is 187 g/mol. The lowest BCUT2D eigenvalue weighted by molar-refractivity contribution is 0.0874. The summed E-state index contributed by atoms with van der Waals surface area (Å²) in [6, 6.07) is 10.0. The summed E-state index contributed by atoms with van der Waals surface area (Å²) < 4.78 is 0. The Morgan fingerprint density at radius 2 is 2.14 bits per heavy atom. The first-order valence-corrected chi connectivity index (χ1v) is 4.69. The zero-order valence-electron chi connectivity index (χ0n) is 7.97. The van der Waals surface area contributed by atoms with Gasteiger partial charge in [0, 0.05) is 0 Å². The summed E-state index contributed by atoms with van der Waals surface area (Å²) in [6.07, 6.45) is 5.87. The van der Waals surface area contributed by atoms with E-state index in [0.29, 0.717) is 0 Å². The first-order valence-electron chi connectivity index (χ1n) is 4.69. The Bertz CT molecular complexity index is 331. The van der Waals surface area contributed by atoms with Crippen molar-refractivity contribution >= 4 is 5.69 Å². The molecule has 0 aromatic heterocycles. The van der Waals surface area contributed by atoms with Crippen molar-refractivity contribution in [1.29, 1.82) is 0 Å². The second-order valence-electron chi connectivity index (χ2n) is 3.13. The molecule has 0 saturated heterocycles. The van der Waals surface area contributed by atoms with Crippen molar-refractivity contribution in [3.8, 4) is 0 Å². The minimum Gasteiger partial charge on any atom is -0.262 e. The van der Waals surface area contributed by atoms with E-state index in [4.69, 9.17) is 4.84 Å². The van der Waals surface area contributed by atoms with Crippen LogP contribution in [0.25, 0.3) is 0 Å². The number of hydroxylamine groups is 1. The van der Waals surface area contributed by atoms with Gasteiger partial charge in [0.2, 0.25) is 0 Å². The second-order valence-corrected chi connectivity index (χ2v) is 3.13. The van der Waals surface area contributed by atoms with Gasteiger partial charge >= 0.3 is 0 Å². The average Bonchev–Trinajstić information content (AvgIpc) is 2.30. The van der Waals surface area contributed by atoms with E-state index in [1.54, 1.807) is 6.08 Å². The van der Waals surface area contributed by atoms with Crippen LogP contribution < -0.4 is 5.06 Å². The van der Waals surface area contributed by atoms with E-state index >= 15 is 0 Å². The molecule has 1 aliphatic heterocycles. The molecule has 2 rings (SSSR count). The maximum atomic E-state index is 5.65. The number of benzene rings is 1. The highest BCUT2D eigenvalue weighted by Crippen LogP contribution is 2.18. The van der Waals surface area contributed by atoms with Gasteiger partial charge in [-0.2, -0.15) is 0 Å². The van der Waals surface area contributed by atoms with Crippen LogP contribution in [0.1, 0.15) is 0 Å². The first-order chi connectivity index (χ1) is 6.90. The van der Waals surface area contributed by atoms with Crippen LogP contribution in [0.4, 0.5) is 5.69 Å². The third kappa shape index (κ3) is 1.86. The fourth-order valence-electron chi connectivity index (χ4n) is 1.40. The summed E-state index contributed by atoms with van der Waals surface area (Å²) in [7, 11) is 0. The lowest BCUT2D eigenvalue weighted by atomic mass is 10.2. The molecule has 1 heterocycles. The van der Waals surface area contributed by atoms with Crippen molar-refractivity contribution in [3.63, 3.8) is 0 Å². The zero-order chi connectivity index (χ0) is 9.80. The summed E-state index contributed by atoms with van der Waals surface area (Å²) in [4.78, 5) is 5.65. The van der Waals surface area contributed by atoms with Crippen molar-refractivity contribution in [2.75, 3.05) is 11.6 Å². The molecule has 0 radical (unpaired) electrons. The van der Waals surface area contributed by atoms with E-state index in [9.17, 15) is 0 Å². The molecule has 0 aliphatic carbocycles. The number of nitrogens with zero attached hydrogens (tertiary/aromatic N) is 1. The molecule has 0 bridgehead atoms. The molecular formula is C12H13NO. The highest BCUT2D eigenvalue weighted by Gasteiger charge is 2.13. The van der Waals surface area contributed by atoms with Gasteiger partial charge in [-0.05, 0) is 12.1 Å². The molecule has 0 spiro atoms. The van der Waals surface area contributed by atoms with Crippen molar-refractivity contribution < 1.29 is 4.84 Å². The van der Waals surface area contributed by atoms with E-state index in [1.807, 2.05) is 41.5 Å². The zero-order valence-corrected chi connectivity index (χ0v) is 7.97. The molecule has 1 aliphatic rings. The molecule has 14 heavy (non-hydrogen) atoms. The van der Waals surface area contributed by atoms with Crippen LogP contribution in [-0.2, 0) is 4.84 Å². The van der Waals surface area contributed by atoms with Crippen molar-refractivity contribution in [1.82, 2.24) is 0 Å². The summed E-state index contributed by atoms with van der Waals surface area (Å²) in [5.41, 5.74) is 1.07. The van der Waals surface area contributed by atoms with Crippen LogP contribution >= 0.6 is 0 Å². The Kier molecular flexibility index (Phi) is 2.65. The number of hydrogen-bond donors (Lipinski definition) is 0. The molecular weight excluding hydrogens is 174 g/mol. The predicted octanol–water partition coefficient (Wildman–Crippen LogP) is 2.55. The third-order valence-electron chi connectivity index (χ3n) is 2.12. The number of rotatable bonds is 2. The molecule has 0 fully saturated rings. The molecule has 72 valence electrons. The standard InChI is InChI=1S/C12H13NO/c1-2-12-9-6-10-13(14-12)11-7-4-3-5-8-11/h2-9,12H,1,10H2. The van der Waals surface area contributed by atoms with Crippen LogP contribution in [0.3, 0.4) is 0 Å². The van der Waals surface area contributed by atoms with Crippen molar-refractivity contribution in [3.05, 3.63) is 55.1 Å².